The van der Waals surface area contributed by atoms with Crippen molar-refractivity contribution in [2.45, 2.75) is 25.4 Å². The number of nitrogens with zero attached hydrogens (tertiary/aromatic N) is 2. The smallest absolute Gasteiger partial charge is 0.191 e. The number of likely N-dealkylation sites (tertiary alicyclic amines) is 1. The Kier molecular flexibility index (Phi) is 6.06. The minimum atomic E-state index is -0.212. The lowest BCUT2D eigenvalue weighted by molar-refractivity contribution is 0.215. The zero-order valence-electron chi connectivity index (χ0n) is 14.5. The summed E-state index contributed by atoms with van der Waals surface area (Å²) in [5, 5.41) is 6.51. The van der Waals surface area contributed by atoms with Gasteiger partial charge in [0.25, 0.3) is 0 Å². The van der Waals surface area contributed by atoms with Gasteiger partial charge in [-0.2, -0.15) is 0 Å². The van der Waals surface area contributed by atoms with Gasteiger partial charge in [0.1, 0.15) is 11.6 Å². The quantitative estimate of drug-likeness (QED) is 0.625. The summed E-state index contributed by atoms with van der Waals surface area (Å²) in [7, 11) is 1.72. The van der Waals surface area contributed by atoms with Crippen LogP contribution in [0.4, 0.5) is 4.39 Å². The van der Waals surface area contributed by atoms with Crippen molar-refractivity contribution in [2.24, 2.45) is 4.99 Å². The van der Waals surface area contributed by atoms with E-state index >= 15 is 0 Å². The number of aliphatic imine (C=N–C) groups is 1. The van der Waals surface area contributed by atoms with Gasteiger partial charge in [0.15, 0.2) is 5.96 Å². The maximum atomic E-state index is 13.7. The third-order valence-electron chi connectivity index (χ3n) is 4.54. The zero-order chi connectivity index (χ0) is 17.5. The van der Waals surface area contributed by atoms with Crippen molar-refractivity contribution < 1.29 is 8.81 Å². The molecule has 2 aromatic rings. The van der Waals surface area contributed by atoms with E-state index in [1.54, 1.807) is 25.4 Å². The van der Waals surface area contributed by atoms with Crippen LogP contribution in [0.1, 0.15) is 30.2 Å². The Morgan fingerprint density at radius 1 is 1.20 bits per heavy atom. The van der Waals surface area contributed by atoms with Crippen LogP contribution in [-0.2, 0) is 6.54 Å². The van der Waals surface area contributed by atoms with Gasteiger partial charge in [-0.1, -0.05) is 18.2 Å². The summed E-state index contributed by atoms with van der Waals surface area (Å²) in [4.78, 5) is 6.66. The Balaban J connectivity index is 1.58. The minimum Gasteiger partial charge on any atom is -0.468 e. The zero-order valence-corrected chi connectivity index (χ0v) is 14.5. The molecule has 0 amide bonds. The van der Waals surface area contributed by atoms with E-state index in [4.69, 9.17) is 4.42 Å². The van der Waals surface area contributed by atoms with Crippen LogP contribution in [0.25, 0.3) is 0 Å². The molecule has 0 spiro atoms. The average Bonchev–Trinajstić information content (AvgIpc) is 3.33. The molecule has 1 aliphatic heterocycles. The molecule has 0 aliphatic carbocycles. The van der Waals surface area contributed by atoms with Crippen LogP contribution >= 0.6 is 0 Å². The first kappa shape index (κ1) is 17.5. The number of hydrogen-bond acceptors (Lipinski definition) is 3. The Morgan fingerprint density at radius 2 is 2.00 bits per heavy atom. The van der Waals surface area contributed by atoms with Crippen molar-refractivity contribution in [3.8, 4) is 0 Å². The topological polar surface area (TPSA) is 52.8 Å². The van der Waals surface area contributed by atoms with Gasteiger partial charge < -0.3 is 15.1 Å². The summed E-state index contributed by atoms with van der Waals surface area (Å²) in [6, 6.07) is 10.9. The number of halogens is 1. The van der Waals surface area contributed by atoms with Crippen LogP contribution in [0.2, 0.25) is 0 Å². The highest BCUT2D eigenvalue weighted by atomic mass is 19.1. The summed E-state index contributed by atoms with van der Waals surface area (Å²) < 4.78 is 19.4. The first-order chi connectivity index (χ1) is 12.3. The van der Waals surface area contributed by atoms with E-state index in [0.29, 0.717) is 24.6 Å². The number of nitrogens with one attached hydrogen (secondary N) is 2. The molecular weight excluding hydrogens is 319 g/mol. The predicted molar refractivity (Wildman–Crippen MR) is 96.9 cm³/mol. The summed E-state index contributed by atoms with van der Waals surface area (Å²) in [6.45, 7) is 3.23. The Hall–Kier alpha value is -2.34. The lowest BCUT2D eigenvalue weighted by Crippen LogP contribution is -2.42. The monoisotopic (exact) mass is 344 g/mol. The summed E-state index contributed by atoms with van der Waals surface area (Å²) in [5.74, 6) is 1.40. The fraction of sp³-hybridized carbons (Fsp3) is 0.421. The van der Waals surface area contributed by atoms with E-state index in [9.17, 15) is 4.39 Å². The van der Waals surface area contributed by atoms with E-state index in [-0.39, 0.29) is 11.9 Å². The Labute approximate surface area is 147 Å². The first-order valence-corrected chi connectivity index (χ1v) is 8.73. The first-order valence-electron chi connectivity index (χ1n) is 8.73. The SMILES string of the molecule is CN=C(NCc1ccccc1F)NCC(c1ccco1)N1CCCC1. The van der Waals surface area contributed by atoms with Gasteiger partial charge in [-0.05, 0) is 44.1 Å². The van der Waals surface area contributed by atoms with Crippen LogP contribution in [0, 0.1) is 5.82 Å². The summed E-state index contributed by atoms with van der Waals surface area (Å²) in [6.07, 6.45) is 4.15. The van der Waals surface area contributed by atoms with E-state index < -0.39 is 0 Å². The highest BCUT2D eigenvalue weighted by molar-refractivity contribution is 5.79. The van der Waals surface area contributed by atoms with Crippen molar-refractivity contribution >= 4 is 5.96 Å². The van der Waals surface area contributed by atoms with Crippen molar-refractivity contribution in [1.82, 2.24) is 15.5 Å². The molecule has 1 aromatic carbocycles. The Morgan fingerprint density at radius 3 is 2.68 bits per heavy atom. The molecule has 134 valence electrons. The maximum absolute atomic E-state index is 13.7. The summed E-state index contributed by atoms with van der Waals surface area (Å²) in [5.41, 5.74) is 0.618. The third kappa shape index (κ3) is 4.60. The predicted octanol–water partition coefficient (Wildman–Crippen LogP) is 2.92. The molecule has 6 heteroatoms. The molecule has 0 bridgehead atoms. The molecule has 1 aliphatic rings. The van der Waals surface area contributed by atoms with Gasteiger partial charge in [-0.15, -0.1) is 0 Å². The largest absolute Gasteiger partial charge is 0.468 e. The molecular formula is C19H25FN4O. The number of rotatable bonds is 6. The molecule has 1 aromatic heterocycles. The van der Waals surface area contributed by atoms with Crippen LogP contribution in [0.15, 0.2) is 52.1 Å². The van der Waals surface area contributed by atoms with Crippen LogP contribution < -0.4 is 10.6 Å². The third-order valence-corrected chi connectivity index (χ3v) is 4.54. The lowest BCUT2D eigenvalue weighted by atomic mass is 10.2. The second kappa shape index (κ2) is 8.67. The van der Waals surface area contributed by atoms with E-state index in [0.717, 1.165) is 18.8 Å². The highest BCUT2D eigenvalue weighted by Crippen LogP contribution is 2.24. The standard InChI is InChI=1S/C19H25FN4O/c1-21-19(22-13-15-7-2-3-8-16(15)20)23-14-17(18-9-6-12-25-18)24-10-4-5-11-24/h2-3,6-9,12,17H,4-5,10-11,13-14H2,1H3,(H2,21,22,23). The van der Waals surface area contributed by atoms with Gasteiger partial charge in [-0.25, -0.2) is 4.39 Å². The molecule has 2 heterocycles. The molecule has 3 rings (SSSR count). The fourth-order valence-electron chi connectivity index (χ4n) is 3.18. The van der Waals surface area contributed by atoms with Crippen molar-refractivity contribution in [3.05, 3.63) is 59.8 Å². The van der Waals surface area contributed by atoms with Crippen molar-refractivity contribution in [3.63, 3.8) is 0 Å². The molecule has 0 radical (unpaired) electrons. The summed E-state index contributed by atoms with van der Waals surface area (Å²) >= 11 is 0. The molecule has 5 nitrogen and oxygen atoms in total. The van der Waals surface area contributed by atoms with Crippen LogP contribution in [0.5, 0.6) is 0 Å². The number of hydrogen-bond donors (Lipinski definition) is 2. The van der Waals surface area contributed by atoms with E-state index in [1.807, 2.05) is 18.2 Å². The Bertz CT molecular complexity index is 680. The second-order valence-corrected chi connectivity index (χ2v) is 6.17. The maximum Gasteiger partial charge on any atom is 0.191 e. The number of furan rings is 1. The lowest BCUT2D eigenvalue weighted by Gasteiger charge is -2.26. The minimum absolute atomic E-state index is 0.171. The van der Waals surface area contributed by atoms with E-state index in [1.165, 1.54) is 18.9 Å². The normalized spacial score (nSPS) is 16.8. The van der Waals surface area contributed by atoms with E-state index in [2.05, 4.69) is 20.5 Å². The van der Waals surface area contributed by atoms with Crippen molar-refractivity contribution in [1.29, 1.82) is 0 Å². The molecule has 0 saturated carbocycles. The molecule has 1 fully saturated rings. The van der Waals surface area contributed by atoms with Gasteiger partial charge in [0.05, 0.1) is 12.3 Å². The van der Waals surface area contributed by atoms with Gasteiger partial charge in [-0.3, -0.25) is 9.89 Å². The van der Waals surface area contributed by atoms with Gasteiger partial charge >= 0.3 is 0 Å². The number of benzene rings is 1. The average molecular weight is 344 g/mol. The van der Waals surface area contributed by atoms with Gasteiger partial charge in [0.2, 0.25) is 0 Å². The molecule has 1 atom stereocenters. The fourth-order valence-corrected chi connectivity index (χ4v) is 3.18. The molecule has 1 unspecified atom stereocenters. The second-order valence-electron chi connectivity index (χ2n) is 6.17. The molecule has 2 N–H and O–H groups in total. The number of guanidine groups is 1. The van der Waals surface area contributed by atoms with Crippen LogP contribution in [0.3, 0.4) is 0 Å². The molecule has 25 heavy (non-hydrogen) atoms. The highest BCUT2D eigenvalue weighted by Gasteiger charge is 2.25. The molecule has 1 saturated heterocycles. The van der Waals surface area contributed by atoms with Crippen LogP contribution in [-0.4, -0.2) is 37.5 Å². The van der Waals surface area contributed by atoms with Crippen molar-refractivity contribution in [2.75, 3.05) is 26.7 Å². The van der Waals surface area contributed by atoms with Gasteiger partial charge in [0, 0.05) is 25.7 Å².